The second-order valence-corrected chi connectivity index (χ2v) is 6.63. The third-order valence-electron chi connectivity index (χ3n) is 4.38. The van der Waals surface area contributed by atoms with Crippen LogP contribution in [0.1, 0.15) is 41.3 Å². The minimum atomic E-state index is -1.09. The van der Waals surface area contributed by atoms with Gasteiger partial charge in [0.1, 0.15) is 5.82 Å². The highest BCUT2D eigenvalue weighted by Crippen LogP contribution is 2.23. The molecule has 1 aromatic heterocycles. The maximum Gasteiger partial charge on any atom is 0.282 e. The zero-order chi connectivity index (χ0) is 20.4. The molecule has 0 atom stereocenters. The Balaban J connectivity index is 1.94. The van der Waals surface area contributed by atoms with Gasteiger partial charge >= 0.3 is 0 Å². The Labute approximate surface area is 159 Å². The quantitative estimate of drug-likeness (QED) is 0.618. The summed E-state index contributed by atoms with van der Waals surface area (Å²) in [5.41, 5.74) is -0.571. The molecule has 3 rings (SSSR count). The first kappa shape index (κ1) is 19.5. The molecule has 1 heterocycles. The molecule has 7 heteroatoms. The summed E-state index contributed by atoms with van der Waals surface area (Å²) in [5, 5.41) is 3.89. The summed E-state index contributed by atoms with van der Waals surface area (Å²) in [7, 11) is 0. The molecule has 0 fully saturated rings. The van der Waals surface area contributed by atoms with Crippen LogP contribution in [0.25, 0.3) is 5.69 Å². The summed E-state index contributed by atoms with van der Waals surface area (Å²) < 4.78 is 42.5. The Morgan fingerprint density at radius 3 is 2.32 bits per heavy atom. The predicted octanol–water partition coefficient (Wildman–Crippen LogP) is 4.20. The molecule has 0 spiro atoms. The van der Waals surface area contributed by atoms with E-state index in [4.69, 9.17) is 0 Å². The van der Waals surface area contributed by atoms with Gasteiger partial charge in [0.2, 0.25) is 0 Å². The topological polar surface area (TPSA) is 52.0 Å². The molecule has 144 valence electrons. The van der Waals surface area contributed by atoms with Crippen molar-refractivity contribution in [1.29, 1.82) is 0 Å². The summed E-state index contributed by atoms with van der Waals surface area (Å²) in [6.07, 6.45) is 0.778. The van der Waals surface area contributed by atoms with Crippen molar-refractivity contribution in [2.45, 2.75) is 26.2 Å². The fourth-order valence-corrected chi connectivity index (χ4v) is 2.85. The van der Waals surface area contributed by atoms with E-state index in [2.05, 4.69) is 5.10 Å². The number of hydrogen-bond acceptors (Lipinski definition) is 3. The highest BCUT2D eigenvalue weighted by Gasteiger charge is 2.20. The minimum absolute atomic E-state index is 0.128. The average molecular weight is 386 g/mol. The van der Waals surface area contributed by atoms with Gasteiger partial charge in [-0.15, -0.1) is 0 Å². The third-order valence-corrected chi connectivity index (χ3v) is 4.38. The highest BCUT2D eigenvalue weighted by molar-refractivity contribution is 5.97. The van der Waals surface area contributed by atoms with Gasteiger partial charge in [0.05, 0.1) is 11.3 Å². The SMILES string of the molecule is CC(C)c1ccc(CC(=O)c2ccnn(-c3ccc(F)cc3)c2=O)c(F)c1F. The third kappa shape index (κ3) is 3.74. The first-order valence-electron chi connectivity index (χ1n) is 8.64. The molecule has 28 heavy (non-hydrogen) atoms. The Morgan fingerprint density at radius 1 is 1.00 bits per heavy atom. The van der Waals surface area contributed by atoms with Crippen molar-refractivity contribution < 1.29 is 18.0 Å². The number of Topliss-reactive ketones (excluding diaryl/α,β-unsaturated/α-hetero) is 1. The molecule has 0 aliphatic rings. The van der Waals surface area contributed by atoms with Gasteiger partial charge in [-0.1, -0.05) is 26.0 Å². The van der Waals surface area contributed by atoms with Crippen molar-refractivity contribution in [3.8, 4) is 5.69 Å². The molecule has 0 aliphatic carbocycles. The van der Waals surface area contributed by atoms with Crippen LogP contribution in [0, 0.1) is 17.5 Å². The van der Waals surface area contributed by atoms with Crippen LogP contribution in [0.5, 0.6) is 0 Å². The number of carbonyl (C=O) groups is 1. The molecule has 0 bridgehead atoms. The van der Waals surface area contributed by atoms with Crippen LogP contribution in [0.2, 0.25) is 0 Å². The van der Waals surface area contributed by atoms with E-state index >= 15 is 0 Å². The van der Waals surface area contributed by atoms with E-state index in [1.807, 2.05) is 0 Å². The Morgan fingerprint density at radius 2 is 1.68 bits per heavy atom. The van der Waals surface area contributed by atoms with Crippen LogP contribution in [0.3, 0.4) is 0 Å². The number of rotatable bonds is 5. The van der Waals surface area contributed by atoms with Gasteiger partial charge in [-0.2, -0.15) is 9.78 Å². The van der Waals surface area contributed by atoms with E-state index in [1.54, 1.807) is 13.8 Å². The zero-order valence-electron chi connectivity index (χ0n) is 15.2. The largest absolute Gasteiger partial charge is 0.294 e. The normalized spacial score (nSPS) is 11.1. The van der Waals surface area contributed by atoms with Crippen LogP contribution in [-0.2, 0) is 6.42 Å². The number of ketones is 1. The Bertz CT molecular complexity index is 1090. The monoisotopic (exact) mass is 386 g/mol. The lowest BCUT2D eigenvalue weighted by atomic mass is 9.97. The van der Waals surface area contributed by atoms with Crippen LogP contribution in [-0.4, -0.2) is 15.6 Å². The van der Waals surface area contributed by atoms with Crippen molar-refractivity contribution in [2.24, 2.45) is 0 Å². The van der Waals surface area contributed by atoms with Crippen LogP contribution in [0.4, 0.5) is 13.2 Å². The summed E-state index contributed by atoms with van der Waals surface area (Å²) >= 11 is 0. The molecule has 0 unspecified atom stereocenters. The zero-order valence-corrected chi connectivity index (χ0v) is 15.2. The van der Waals surface area contributed by atoms with Crippen molar-refractivity contribution in [3.05, 3.63) is 93.2 Å². The van der Waals surface area contributed by atoms with Gasteiger partial charge < -0.3 is 0 Å². The van der Waals surface area contributed by atoms with Crippen molar-refractivity contribution in [2.75, 3.05) is 0 Å². The number of carbonyl (C=O) groups excluding carboxylic acids is 1. The molecule has 3 aromatic rings. The van der Waals surface area contributed by atoms with E-state index in [-0.39, 0.29) is 28.3 Å². The fraction of sp³-hybridized carbons (Fsp3) is 0.190. The second-order valence-electron chi connectivity index (χ2n) is 6.63. The molecular weight excluding hydrogens is 369 g/mol. The number of benzene rings is 2. The molecule has 0 N–H and O–H groups in total. The summed E-state index contributed by atoms with van der Waals surface area (Å²) in [4.78, 5) is 25.2. The Kier molecular flexibility index (Phi) is 5.44. The standard InChI is InChI=1S/C21H17F3N2O2/c1-12(2)16-8-3-13(19(23)20(16)24)11-18(27)17-9-10-25-26(21(17)28)15-6-4-14(22)5-7-15/h3-10,12H,11H2,1-2H3. The first-order chi connectivity index (χ1) is 13.3. The van der Waals surface area contributed by atoms with E-state index < -0.39 is 35.2 Å². The number of aromatic nitrogens is 2. The molecular formula is C21H17F3N2O2. The van der Waals surface area contributed by atoms with Crippen LogP contribution in [0.15, 0.2) is 53.5 Å². The van der Waals surface area contributed by atoms with E-state index in [9.17, 15) is 22.8 Å². The van der Waals surface area contributed by atoms with E-state index in [0.29, 0.717) is 0 Å². The Hall–Kier alpha value is -3.22. The van der Waals surface area contributed by atoms with Gasteiger partial charge in [-0.25, -0.2) is 13.2 Å². The molecule has 2 aromatic carbocycles. The van der Waals surface area contributed by atoms with Gasteiger partial charge in [-0.05, 0) is 47.4 Å². The van der Waals surface area contributed by atoms with Crippen LogP contribution >= 0.6 is 0 Å². The first-order valence-corrected chi connectivity index (χ1v) is 8.64. The van der Waals surface area contributed by atoms with Gasteiger partial charge in [-0.3, -0.25) is 9.59 Å². The van der Waals surface area contributed by atoms with Crippen molar-refractivity contribution >= 4 is 5.78 Å². The maximum absolute atomic E-state index is 14.3. The molecule has 0 amide bonds. The second kappa shape index (κ2) is 7.80. The van der Waals surface area contributed by atoms with Gasteiger partial charge in [0.25, 0.3) is 5.56 Å². The lowest BCUT2D eigenvalue weighted by Crippen LogP contribution is -2.27. The summed E-state index contributed by atoms with van der Waals surface area (Å²) in [6.45, 7) is 3.47. The highest BCUT2D eigenvalue weighted by atomic mass is 19.2. The van der Waals surface area contributed by atoms with Crippen LogP contribution < -0.4 is 5.56 Å². The fourth-order valence-electron chi connectivity index (χ4n) is 2.85. The molecule has 0 saturated carbocycles. The number of halogens is 3. The van der Waals surface area contributed by atoms with Crippen molar-refractivity contribution in [1.82, 2.24) is 9.78 Å². The molecule has 0 aliphatic heterocycles. The smallest absolute Gasteiger partial charge is 0.282 e. The molecule has 0 saturated heterocycles. The predicted molar refractivity (Wildman–Crippen MR) is 98.3 cm³/mol. The number of nitrogens with zero attached hydrogens (tertiary/aromatic N) is 2. The minimum Gasteiger partial charge on any atom is -0.294 e. The molecule has 0 radical (unpaired) electrons. The summed E-state index contributed by atoms with van der Waals surface area (Å²) in [6, 6.07) is 9.02. The van der Waals surface area contributed by atoms with Crippen molar-refractivity contribution in [3.63, 3.8) is 0 Å². The average Bonchev–Trinajstić information content (AvgIpc) is 2.66. The van der Waals surface area contributed by atoms with Gasteiger partial charge in [0.15, 0.2) is 17.4 Å². The van der Waals surface area contributed by atoms with E-state index in [0.717, 1.165) is 16.8 Å². The summed E-state index contributed by atoms with van der Waals surface area (Å²) in [5.74, 6) is -3.43. The van der Waals surface area contributed by atoms with Gasteiger partial charge in [0, 0.05) is 12.6 Å². The molecule has 4 nitrogen and oxygen atoms in total. The van der Waals surface area contributed by atoms with E-state index in [1.165, 1.54) is 36.5 Å². The number of hydrogen-bond donors (Lipinski definition) is 0. The lowest BCUT2D eigenvalue weighted by Gasteiger charge is -2.11. The lowest BCUT2D eigenvalue weighted by molar-refractivity contribution is 0.0989. The maximum atomic E-state index is 14.3.